The van der Waals surface area contributed by atoms with Crippen molar-refractivity contribution in [2.75, 3.05) is 16.0 Å². The lowest BCUT2D eigenvalue weighted by Crippen LogP contribution is -2.07. The summed E-state index contributed by atoms with van der Waals surface area (Å²) in [6.45, 7) is 6.18. The second-order valence-electron chi connectivity index (χ2n) is 6.45. The van der Waals surface area contributed by atoms with Crippen molar-refractivity contribution in [2.45, 2.75) is 27.3 Å². The molecule has 3 N–H and O–H groups in total. The smallest absolute Gasteiger partial charge is 0.229 e. The fourth-order valence-corrected chi connectivity index (χ4v) is 2.74. The Kier molecular flexibility index (Phi) is 5.66. The van der Waals surface area contributed by atoms with Gasteiger partial charge in [0.05, 0.1) is 0 Å². The van der Waals surface area contributed by atoms with E-state index in [1.165, 1.54) is 18.1 Å². The summed E-state index contributed by atoms with van der Waals surface area (Å²) in [6, 6.07) is 17.7. The van der Waals surface area contributed by atoms with Crippen molar-refractivity contribution in [3.8, 4) is 0 Å². The van der Waals surface area contributed by atoms with Gasteiger partial charge in [-0.2, -0.15) is 4.98 Å². The van der Waals surface area contributed by atoms with Crippen LogP contribution < -0.4 is 16.0 Å². The van der Waals surface area contributed by atoms with E-state index in [1.54, 1.807) is 0 Å². The topological polar surface area (TPSA) is 78.9 Å². The normalized spacial score (nSPS) is 10.3. The van der Waals surface area contributed by atoms with E-state index in [0.717, 1.165) is 22.9 Å². The minimum Gasteiger partial charge on any atom is -0.366 e. The van der Waals surface area contributed by atoms with Crippen LogP contribution in [-0.2, 0) is 11.3 Å². The molecule has 6 heteroatoms. The lowest BCUT2D eigenvalue weighted by molar-refractivity contribution is -0.114. The molecule has 138 valence electrons. The molecule has 1 amide bonds. The maximum Gasteiger partial charge on any atom is 0.229 e. The second kappa shape index (κ2) is 8.31. The summed E-state index contributed by atoms with van der Waals surface area (Å²) in [5.74, 6) is 1.15. The lowest BCUT2D eigenvalue weighted by atomic mass is 10.1. The molecule has 0 radical (unpaired) electrons. The number of nitrogens with one attached hydrogen (secondary N) is 3. The van der Waals surface area contributed by atoms with Gasteiger partial charge in [-0.15, -0.1) is 0 Å². The zero-order valence-corrected chi connectivity index (χ0v) is 15.7. The third kappa shape index (κ3) is 5.54. The zero-order valence-electron chi connectivity index (χ0n) is 15.7. The van der Waals surface area contributed by atoms with Crippen molar-refractivity contribution in [3.63, 3.8) is 0 Å². The number of hydrogen-bond donors (Lipinski definition) is 3. The molecule has 0 aliphatic carbocycles. The minimum atomic E-state index is -0.110. The molecular weight excluding hydrogens is 338 g/mol. The molecule has 0 fully saturated rings. The van der Waals surface area contributed by atoms with Gasteiger partial charge < -0.3 is 16.0 Å². The molecule has 0 atom stereocenters. The Hall–Kier alpha value is -3.41. The number of amides is 1. The molecule has 27 heavy (non-hydrogen) atoms. The molecule has 3 rings (SSSR count). The molecule has 3 aromatic rings. The molecule has 1 heterocycles. The molecule has 0 saturated carbocycles. The monoisotopic (exact) mass is 361 g/mol. The van der Waals surface area contributed by atoms with Crippen LogP contribution in [0.15, 0.2) is 54.6 Å². The number of nitrogens with zero attached hydrogens (tertiary/aromatic N) is 2. The van der Waals surface area contributed by atoms with E-state index in [-0.39, 0.29) is 5.91 Å². The Morgan fingerprint density at radius 3 is 2.52 bits per heavy atom. The van der Waals surface area contributed by atoms with E-state index in [9.17, 15) is 4.79 Å². The molecule has 0 aliphatic rings. The first-order chi connectivity index (χ1) is 13.0. The molecule has 6 nitrogen and oxygen atoms in total. The molecular formula is C21H23N5O. The Bertz CT molecular complexity index is 955. The van der Waals surface area contributed by atoms with E-state index in [4.69, 9.17) is 0 Å². The predicted molar refractivity (Wildman–Crippen MR) is 109 cm³/mol. The van der Waals surface area contributed by atoms with E-state index >= 15 is 0 Å². The Morgan fingerprint density at radius 2 is 1.74 bits per heavy atom. The fourth-order valence-electron chi connectivity index (χ4n) is 2.74. The number of carbonyl (C=O) groups is 1. The van der Waals surface area contributed by atoms with Crippen LogP contribution in [0.3, 0.4) is 0 Å². The summed E-state index contributed by atoms with van der Waals surface area (Å²) >= 11 is 0. The molecule has 0 unspecified atom stereocenters. The fraction of sp³-hybridized carbons (Fsp3) is 0.190. The van der Waals surface area contributed by atoms with Gasteiger partial charge in [-0.25, -0.2) is 4.98 Å². The SMILES string of the molecule is CC(=O)Nc1cccc(Nc2nc(C)cc(NCc3cccc(C)c3)n2)c1. The first-order valence-corrected chi connectivity index (χ1v) is 8.78. The summed E-state index contributed by atoms with van der Waals surface area (Å²) in [6.07, 6.45) is 0. The van der Waals surface area contributed by atoms with Gasteiger partial charge in [-0.05, 0) is 37.6 Å². The Balaban J connectivity index is 1.72. The highest BCUT2D eigenvalue weighted by Gasteiger charge is 2.05. The van der Waals surface area contributed by atoms with Crippen LogP contribution in [0.5, 0.6) is 0 Å². The maximum absolute atomic E-state index is 11.2. The predicted octanol–water partition coefficient (Wildman–Crippen LogP) is 4.41. The van der Waals surface area contributed by atoms with Crippen LogP contribution in [-0.4, -0.2) is 15.9 Å². The lowest BCUT2D eigenvalue weighted by Gasteiger charge is -2.11. The average Bonchev–Trinajstić information content (AvgIpc) is 2.59. The standard InChI is InChI=1S/C21H23N5O/c1-14-6-4-7-17(10-14)13-22-20-11-15(2)23-21(26-20)25-19-9-5-8-18(12-19)24-16(3)27/h4-12H,13H2,1-3H3,(H,24,27)(H2,22,23,25,26). The number of hydrogen-bond acceptors (Lipinski definition) is 5. The van der Waals surface area contributed by atoms with E-state index < -0.39 is 0 Å². The van der Waals surface area contributed by atoms with Gasteiger partial charge in [0, 0.05) is 36.6 Å². The Morgan fingerprint density at radius 1 is 0.963 bits per heavy atom. The molecule has 0 aliphatic heterocycles. The summed E-state index contributed by atoms with van der Waals surface area (Å²) in [7, 11) is 0. The first kappa shape index (κ1) is 18.4. The van der Waals surface area contributed by atoms with Crippen molar-refractivity contribution >= 4 is 29.0 Å². The van der Waals surface area contributed by atoms with Crippen LogP contribution in [0.1, 0.15) is 23.7 Å². The van der Waals surface area contributed by atoms with Crippen LogP contribution in [0.2, 0.25) is 0 Å². The van der Waals surface area contributed by atoms with Crippen molar-refractivity contribution < 1.29 is 4.79 Å². The number of benzene rings is 2. The van der Waals surface area contributed by atoms with Gasteiger partial charge in [-0.3, -0.25) is 4.79 Å². The largest absolute Gasteiger partial charge is 0.366 e. The number of carbonyl (C=O) groups excluding carboxylic acids is 1. The van der Waals surface area contributed by atoms with E-state index in [2.05, 4.69) is 51.0 Å². The molecule has 2 aromatic carbocycles. The van der Waals surface area contributed by atoms with Gasteiger partial charge in [0.25, 0.3) is 0 Å². The highest BCUT2D eigenvalue weighted by atomic mass is 16.1. The van der Waals surface area contributed by atoms with E-state index in [1.807, 2.05) is 43.3 Å². The van der Waals surface area contributed by atoms with Crippen LogP contribution in [0.25, 0.3) is 0 Å². The minimum absolute atomic E-state index is 0.110. The Labute approximate surface area is 159 Å². The van der Waals surface area contributed by atoms with Crippen molar-refractivity contribution in [3.05, 3.63) is 71.4 Å². The highest BCUT2D eigenvalue weighted by molar-refractivity contribution is 5.89. The molecule has 0 saturated heterocycles. The van der Waals surface area contributed by atoms with Crippen molar-refractivity contribution in [2.24, 2.45) is 0 Å². The van der Waals surface area contributed by atoms with Crippen molar-refractivity contribution in [1.82, 2.24) is 9.97 Å². The van der Waals surface area contributed by atoms with Crippen LogP contribution in [0.4, 0.5) is 23.1 Å². The van der Waals surface area contributed by atoms with Gasteiger partial charge >= 0.3 is 0 Å². The number of aromatic nitrogens is 2. The van der Waals surface area contributed by atoms with Gasteiger partial charge in [0.1, 0.15) is 5.82 Å². The second-order valence-corrected chi connectivity index (χ2v) is 6.45. The quantitative estimate of drug-likeness (QED) is 0.606. The molecule has 0 spiro atoms. The summed E-state index contributed by atoms with van der Waals surface area (Å²) in [5.41, 5.74) is 4.81. The number of aryl methyl sites for hydroxylation is 2. The molecule has 1 aromatic heterocycles. The number of rotatable bonds is 6. The van der Waals surface area contributed by atoms with Gasteiger partial charge in [0.2, 0.25) is 11.9 Å². The van der Waals surface area contributed by atoms with Crippen molar-refractivity contribution in [1.29, 1.82) is 0 Å². The summed E-state index contributed by atoms with van der Waals surface area (Å²) in [4.78, 5) is 20.2. The van der Waals surface area contributed by atoms with Gasteiger partial charge in [-0.1, -0.05) is 35.9 Å². The van der Waals surface area contributed by atoms with Crippen LogP contribution in [0, 0.1) is 13.8 Å². The van der Waals surface area contributed by atoms with Gasteiger partial charge in [0.15, 0.2) is 0 Å². The summed E-state index contributed by atoms with van der Waals surface area (Å²) in [5, 5.41) is 9.30. The zero-order chi connectivity index (χ0) is 19.2. The van der Waals surface area contributed by atoms with E-state index in [0.29, 0.717) is 12.5 Å². The number of anilines is 4. The highest BCUT2D eigenvalue weighted by Crippen LogP contribution is 2.20. The average molecular weight is 361 g/mol. The van der Waals surface area contributed by atoms with Crippen LogP contribution >= 0.6 is 0 Å². The summed E-state index contributed by atoms with van der Waals surface area (Å²) < 4.78 is 0. The first-order valence-electron chi connectivity index (χ1n) is 8.78. The third-order valence-corrected chi connectivity index (χ3v) is 3.85. The molecule has 0 bridgehead atoms. The third-order valence-electron chi connectivity index (χ3n) is 3.85. The maximum atomic E-state index is 11.2.